The highest BCUT2D eigenvalue weighted by Crippen LogP contribution is 2.01. The Kier molecular flexibility index (Phi) is 5.03. The molecule has 0 N–H and O–H groups in total. The minimum Gasteiger partial charge on any atom is -0.299 e. The number of carbonyl (C=O) groups excluding carboxylic acids is 2. The van der Waals surface area contributed by atoms with Gasteiger partial charge in [0.2, 0.25) is 5.78 Å². The molecule has 0 heterocycles. The first-order valence-corrected chi connectivity index (χ1v) is 4.06. The van der Waals surface area contributed by atoms with Crippen molar-refractivity contribution >= 4 is 11.6 Å². The van der Waals surface area contributed by atoms with Crippen LogP contribution in [0.25, 0.3) is 0 Å². The molecule has 2 nitrogen and oxygen atoms in total. The van der Waals surface area contributed by atoms with E-state index in [4.69, 9.17) is 0 Å². The van der Waals surface area contributed by atoms with E-state index in [-0.39, 0.29) is 23.9 Å². The summed E-state index contributed by atoms with van der Waals surface area (Å²) in [6.45, 7) is 5.28. The monoisotopic (exact) mass is 166 g/mol. The maximum absolute atomic E-state index is 11.1. The molecule has 0 bridgehead atoms. The van der Waals surface area contributed by atoms with E-state index in [1.54, 1.807) is 6.92 Å². The van der Waals surface area contributed by atoms with Crippen molar-refractivity contribution in [3.8, 4) is 11.8 Å². The highest BCUT2D eigenvalue weighted by Gasteiger charge is 2.08. The maximum Gasteiger partial charge on any atom is 0.205 e. The lowest BCUT2D eigenvalue weighted by Crippen LogP contribution is -2.08. The first kappa shape index (κ1) is 10.9. The van der Waals surface area contributed by atoms with E-state index in [9.17, 15) is 9.59 Å². The minimum atomic E-state index is -0.147. The third kappa shape index (κ3) is 4.68. The summed E-state index contributed by atoms with van der Waals surface area (Å²) in [6.07, 6.45) is 0.586. The van der Waals surface area contributed by atoms with Crippen LogP contribution in [0.1, 0.15) is 33.6 Å². The first-order valence-electron chi connectivity index (χ1n) is 4.06. The topological polar surface area (TPSA) is 34.1 Å². The van der Waals surface area contributed by atoms with Gasteiger partial charge in [-0.05, 0) is 12.8 Å². The van der Waals surface area contributed by atoms with Crippen LogP contribution in [-0.4, -0.2) is 11.6 Å². The predicted octanol–water partition coefficient (Wildman–Crippen LogP) is 1.58. The van der Waals surface area contributed by atoms with Crippen molar-refractivity contribution in [2.75, 3.05) is 0 Å². The van der Waals surface area contributed by atoms with Crippen LogP contribution >= 0.6 is 0 Å². The molecular weight excluding hydrogens is 152 g/mol. The summed E-state index contributed by atoms with van der Waals surface area (Å²) in [4.78, 5) is 21.9. The highest BCUT2D eigenvalue weighted by molar-refractivity contribution is 5.97. The Morgan fingerprint density at radius 3 is 2.25 bits per heavy atom. The Morgan fingerprint density at radius 2 is 1.83 bits per heavy atom. The van der Waals surface area contributed by atoms with Gasteiger partial charge in [-0.25, -0.2) is 0 Å². The Labute approximate surface area is 73.3 Å². The van der Waals surface area contributed by atoms with Crippen molar-refractivity contribution in [1.82, 2.24) is 0 Å². The van der Waals surface area contributed by atoms with Crippen molar-refractivity contribution in [3.63, 3.8) is 0 Å². The number of ketones is 2. The summed E-state index contributed by atoms with van der Waals surface area (Å²) in [7, 11) is 0. The van der Waals surface area contributed by atoms with Gasteiger partial charge in [0.1, 0.15) is 5.78 Å². The van der Waals surface area contributed by atoms with Crippen LogP contribution in [0, 0.1) is 17.8 Å². The van der Waals surface area contributed by atoms with Gasteiger partial charge < -0.3 is 0 Å². The van der Waals surface area contributed by atoms with Crippen molar-refractivity contribution in [3.05, 3.63) is 0 Å². The summed E-state index contributed by atoms with van der Waals surface area (Å²) in [6, 6.07) is 0. The molecule has 0 aliphatic rings. The third-order valence-electron chi connectivity index (χ3n) is 1.51. The van der Waals surface area contributed by atoms with Crippen molar-refractivity contribution in [1.29, 1.82) is 0 Å². The van der Waals surface area contributed by atoms with Gasteiger partial charge in [0.05, 0.1) is 0 Å². The van der Waals surface area contributed by atoms with E-state index < -0.39 is 0 Å². The number of hydrogen-bond acceptors (Lipinski definition) is 2. The molecule has 0 unspecified atom stereocenters. The van der Waals surface area contributed by atoms with Crippen molar-refractivity contribution < 1.29 is 9.59 Å². The molecule has 12 heavy (non-hydrogen) atoms. The van der Waals surface area contributed by atoms with Gasteiger partial charge in [0.25, 0.3) is 0 Å². The fourth-order valence-corrected chi connectivity index (χ4v) is 0.727. The quantitative estimate of drug-likeness (QED) is 0.469. The lowest BCUT2D eigenvalue weighted by molar-refractivity contribution is -0.124. The van der Waals surface area contributed by atoms with Crippen LogP contribution in [0.2, 0.25) is 0 Å². The average Bonchev–Trinajstić information content (AvgIpc) is 2.00. The smallest absolute Gasteiger partial charge is 0.205 e. The normalized spacial score (nSPS) is 9.00. The van der Waals surface area contributed by atoms with E-state index in [1.165, 1.54) is 0 Å². The van der Waals surface area contributed by atoms with E-state index in [0.29, 0.717) is 6.42 Å². The largest absolute Gasteiger partial charge is 0.299 e. The summed E-state index contributed by atoms with van der Waals surface area (Å²) < 4.78 is 0. The predicted molar refractivity (Wildman–Crippen MR) is 47.5 cm³/mol. The highest BCUT2D eigenvalue weighted by atomic mass is 16.1. The fourth-order valence-electron chi connectivity index (χ4n) is 0.727. The van der Waals surface area contributed by atoms with E-state index in [2.05, 4.69) is 11.8 Å². The van der Waals surface area contributed by atoms with Crippen molar-refractivity contribution in [2.45, 2.75) is 33.6 Å². The van der Waals surface area contributed by atoms with Gasteiger partial charge in [-0.3, -0.25) is 9.59 Å². The van der Waals surface area contributed by atoms with Gasteiger partial charge in [0.15, 0.2) is 0 Å². The van der Waals surface area contributed by atoms with Crippen LogP contribution in [0.3, 0.4) is 0 Å². The van der Waals surface area contributed by atoms with E-state index in [1.807, 2.05) is 13.8 Å². The second kappa shape index (κ2) is 5.54. The number of Topliss-reactive ketones (excluding diaryl/α,β-unsaturated/α-hetero) is 2. The summed E-state index contributed by atoms with van der Waals surface area (Å²) in [5.41, 5.74) is 0. The first-order chi connectivity index (χ1) is 5.57. The van der Waals surface area contributed by atoms with Gasteiger partial charge in [-0.2, -0.15) is 0 Å². The van der Waals surface area contributed by atoms with Crippen LogP contribution in [0.5, 0.6) is 0 Å². The molecule has 0 spiro atoms. The molecule has 0 saturated carbocycles. The summed E-state index contributed by atoms with van der Waals surface area (Å²) >= 11 is 0. The molecule has 0 aromatic rings. The standard InChI is InChI=1S/C10H14O2/c1-4-5-9(11)6-7-10(12)8(2)3/h8H,6-7H2,1-3H3. The molecule has 0 rings (SSSR count). The van der Waals surface area contributed by atoms with E-state index >= 15 is 0 Å². The second-order valence-corrected chi connectivity index (χ2v) is 2.92. The molecule has 66 valence electrons. The Bertz CT molecular complexity index is 228. The molecule has 0 saturated heterocycles. The zero-order valence-corrected chi connectivity index (χ0v) is 7.81. The molecule has 0 atom stereocenters. The Hall–Kier alpha value is -1.10. The Balaban J connectivity index is 3.74. The molecule has 0 fully saturated rings. The summed E-state index contributed by atoms with van der Waals surface area (Å²) in [5.74, 6) is 4.91. The lowest BCUT2D eigenvalue weighted by Gasteiger charge is -2.00. The van der Waals surface area contributed by atoms with Crippen LogP contribution < -0.4 is 0 Å². The molecular formula is C10H14O2. The molecule has 0 aliphatic heterocycles. The minimum absolute atomic E-state index is 0.0207. The molecule has 0 amide bonds. The molecule has 0 aliphatic carbocycles. The zero-order chi connectivity index (χ0) is 9.56. The Morgan fingerprint density at radius 1 is 1.25 bits per heavy atom. The van der Waals surface area contributed by atoms with Gasteiger partial charge in [-0.15, -0.1) is 0 Å². The number of hydrogen-bond donors (Lipinski definition) is 0. The second-order valence-electron chi connectivity index (χ2n) is 2.92. The van der Waals surface area contributed by atoms with Gasteiger partial charge in [-0.1, -0.05) is 19.8 Å². The fraction of sp³-hybridized carbons (Fsp3) is 0.600. The number of carbonyl (C=O) groups is 2. The van der Waals surface area contributed by atoms with Crippen LogP contribution in [-0.2, 0) is 9.59 Å². The average molecular weight is 166 g/mol. The molecule has 0 aromatic carbocycles. The van der Waals surface area contributed by atoms with Gasteiger partial charge >= 0.3 is 0 Å². The lowest BCUT2D eigenvalue weighted by atomic mass is 10.0. The molecule has 0 aromatic heterocycles. The SMILES string of the molecule is CC#CC(=O)CCC(=O)C(C)C. The van der Waals surface area contributed by atoms with Crippen LogP contribution in [0.15, 0.2) is 0 Å². The molecule has 2 heteroatoms. The summed E-state index contributed by atoms with van der Waals surface area (Å²) in [5, 5.41) is 0. The number of rotatable bonds is 4. The maximum atomic E-state index is 11.1. The third-order valence-corrected chi connectivity index (χ3v) is 1.51. The van der Waals surface area contributed by atoms with Crippen LogP contribution in [0.4, 0.5) is 0 Å². The van der Waals surface area contributed by atoms with Crippen molar-refractivity contribution in [2.24, 2.45) is 5.92 Å². The molecule has 0 radical (unpaired) electrons. The van der Waals surface area contributed by atoms with Gasteiger partial charge in [0, 0.05) is 18.8 Å². The van der Waals surface area contributed by atoms with E-state index in [0.717, 1.165) is 0 Å². The zero-order valence-electron chi connectivity index (χ0n) is 7.81.